The molecule has 0 amide bonds. The van der Waals surface area contributed by atoms with Crippen molar-refractivity contribution in [3.63, 3.8) is 0 Å². The highest BCUT2D eigenvalue weighted by molar-refractivity contribution is 5.37. The smallest absolute Gasteiger partial charge is 0.120 e. The van der Waals surface area contributed by atoms with Gasteiger partial charge in [-0.25, -0.2) is 0 Å². The van der Waals surface area contributed by atoms with Gasteiger partial charge in [0.25, 0.3) is 0 Å². The summed E-state index contributed by atoms with van der Waals surface area (Å²) in [5, 5.41) is 13.4. The lowest BCUT2D eigenvalue weighted by molar-refractivity contribution is 0.0656. The Labute approximate surface area is 109 Å². The lowest BCUT2D eigenvalue weighted by atomic mass is 9.99. The first-order chi connectivity index (χ1) is 8.66. The van der Waals surface area contributed by atoms with Gasteiger partial charge in [0, 0.05) is 24.8 Å². The molecule has 1 unspecified atom stereocenters. The summed E-state index contributed by atoms with van der Waals surface area (Å²) in [7, 11) is 0. The van der Waals surface area contributed by atoms with Crippen molar-refractivity contribution in [3.05, 3.63) is 29.3 Å². The van der Waals surface area contributed by atoms with E-state index in [1.165, 1.54) is 5.56 Å². The fraction of sp³-hybridized carbons (Fsp3) is 0.600. The standard InChI is InChI=1S/C15H23NO2/c1-11-3-4-15(17)14(9-11)12(2)16-10-13-5-7-18-8-6-13/h3-4,9,12-13,16-17H,5-8,10H2,1-2H3. The van der Waals surface area contributed by atoms with Crippen LogP contribution >= 0.6 is 0 Å². The molecule has 1 heterocycles. The molecule has 3 heteroatoms. The van der Waals surface area contributed by atoms with Crippen molar-refractivity contribution in [2.24, 2.45) is 5.92 Å². The Hall–Kier alpha value is -1.06. The van der Waals surface area contributed by atoms with Gasteiger partial charge in [-0.2, -0.15) is 0 Å². The van der Waals surface area contributed by atoms with Gasteiger partial charge in [0.1, 0.15) is 5.75 Å². The van der Waals surface area contributed by atoms with E-state index in [1.807, 2.05) is 13.0 Å². The quantitative estimate of drug-likeness (QED) is 0.862. The number of rotatable bonds is 4. The topological polar surface area (TPSA) is 41.5 Å². The molecule has 100 valence electrons. The number of aromatic hydroxyl groups is 1. The van der Waals surface area contributed by atoms with Crippen molar-refractivity contribution in [1.82, 2.24) is 5.32 Å². The lowest BCUT2D eigenvalue weighted by Gasteiger charge is -2.24. The summed E-state index contributed by atoms with van der Waals surface area (Å²) in [5.41, 5.74) is 2.17. The van der Waals surface area contributed by atoms with E-state index in [0.717, 1.165) is 38.2 Å². The second kappa shape index (κ2) is 6.21. The van der Waals surface area contributed by atoms with Crippen LogP contribution in [-0.2, 0) is 4.74 Å². The molecule has 0 spiro atoms. The maximum absolute atomic E-state index is 9.88. The van der Waals surface area contributed by atoms with Gasteiger partial charge in [-0.3, -0.25) is 0 Å². The largest absolute Gasteiger partial charge is 0.508 e. The third-order valence-electron chi connectivity index (χ3n) is 3.70. The number of aryl methyl sites for hydroxylation is 1. The summed E-state index contributed by atoms with van der Waals surface area (Å²) in [5.74, 6) is 1.08. The molecule has 2 N–H and O–H groups in total. The Balaban J connectivity index is 1.90. The molecular weight excluding hydrogens is 226 g/mol. The van der Waals surface area contributed by atoms with Crippen molar-refractivity contribution in [2.45, 2.75) is 32.7 Å². The van der Waals surface area contributed by atoms with Crippen LogP contribution in [0.4, 0.5) is 0 Å². The first-order valence-electron chi connectivity index (χ1n) is 6.77. The zero-order valence-electron chi connectivity index (χ0n) is 11.3. The van der Waals surface area contributed by atoms with Gasteiger partial charge < -0.3 is 15.2 Å². The van der Waals surface area contributed by atoms with Crippen LogP contribution in [0.15, 0.2) is 18.2 Å². The SMILES string of the molecule is Cc1ccc(O)c(C(C)NCC2CCOCC2)c1. The summed E-state index contributed by atoms with van der Waals surface area (Å²) in [6, 6.07) is 5.95. The molecule has 1 saturated heterocycles. The number of phenols is 1. The minimum absolute atomic E-state index is 0.188. The predicted molar refractivity (Wildman–Crippen MR) is 72.8 cm³/mol. The molecule has 1 fully saturated rings. The van der Waals surface area contributed by atoms with Gasteiger partial charge in [-0.15, -0.1) is 0 Å². The minimum atomic E-state index is 0.188. The Bertz CT molecular complexity index is 386. The van der Waals surface area contributed by atoms with E-state index >= 15 is 0 Å². The zero-order chi connectivity index (χ0) is 13.0. The number of phenolic OH excluding ortho intramolecular Hbond substituents is 1. The van der Waals surface area contributed by atoms with Gasteiger partial charge >= 0.3 is 0 Å². The van der Waals surface area contributed by atoms with E-state index in [1.54, 1.807) is 6.07 Å². The molecule has 0 saturated carbocycles. The van der Waals surface area contributed by atoms with Gasteiger partial charge in [-0.1, -0.05) is 17.7 Å². The van der Waals surface area contributed by atoms with Crippen LogP contribution in [0.25, 0.3) is 0 Å². The van der Waals surface area contributed by atoms with Crippen LogP contribution in [0.3, 0.4) is 0 Å². The highest BCUT2D eigenvalue weighted by Gasteiger charge is 2.16. The van der Waals surface area contributed by atoms with E-state index < -0.39 is 0 Å². The maximum Gasteiger partial charge on any atom is 0.120 e. The Kier molecular flexibility index (Phi) is 4.61. The molecule has 1 aliphatic rings. The van der Waals surface area contributed by atoms with Crippen molar-refractivity contribution in [1.29, 1.82) is 0 Å². The van der Waals surface area contributed by atoms with Crippen LogP contribution in [-0.4, -0.2) is 24.9 Å². The van der Waals surface area contributed by atoms with E-state index in [-0.39, 0.29) is 6.04 Å². The summed E-state index contributed by atoms with van der Waals surface area (Å²) < 4.78 is 5.36. The summed E-state index contributed by atoms with van der Waals surface area (Å²) in [6.07, 6.45) is 2.28. The Morgan fingerprint density at radius 2 is 2.11 bits per heavy atom. The lowest BCUT2D eigenvalue weighted by Crippen LogP contribution is -2.29. The summed E-state index contributed by atoms with van der Waals surface area (Å²) in [6.45, 7) is 6.92. The number of nitrogens with one attached hydrogen (secondary N) is 1. The summed E-state index contributed by atoms with van der Waals surface area (Å²) in [4.78, 5) is 0. The molecule has 1 aliphatic heterocycles. The van der Waals surface area contributed by atoms with Crippen LogP contribution in [0.5, 0.6) is 5.75 Å². The number of ether oxygens (including phenoxy) is 1. The molecular formula is C15H23NO2. The number of hydrogen-bond acceptors (Lipinski definition) is 3. The third-order valence-corrected chi connectivity index (χ3v) is 3.70. The highest BCUT2D eigenvalue weighted by Crippen LogP contribution is 2.25. The van der Waals surface area contributed by atoms with Crippen molar-refractivity contribution in [3.8, 4) is 5.75 Å². The van der Waals surface area contributed by atoms with Crippen molar-refractivity contribution in [2.75, 3.05) is 19.8 Å². The van der Waals surface area contributed by atoms with Gasteiger partial charge in [0.2, 0.25) is 0 Å². The van der Waals surface area contributed by atoms with Crippen LogP contribution < -0.4 is 5.32 Å². The average Bonchev–Trinajstić information content (AvgIpc) is 2.40. The fourth-order valence-electron chi connectivity index (χ4n) is 2.42. The normalized spacial score (nSPS) is 18.8. The maximum atomic E-state index is 9.88. The van der Waals surface area contributed by atoms with Crippen molar-refractivity contribution >= 4 is 0 Å². The number of benzene rings is 1. The van der Waals surface area contributed by atoms with Crippen LogP contribution in [0.2, 0.25) is 0 Å². The zero-order valence-corrected chi connectivity index (χ0v) is 11.3. The molecule has 1 aromatic rings. The first kappa shape index (κ1) is 13.4. The van der Waals surface area contributed by atoms with Crippen LogP contribution in [0, 0.1) is 12.8 Å². The monoisotopic (exact) mass is 249 g/mol. The van der Waals surface area contributed by atoms with Gasteiger partial charge in [0.05, 0.1) is 0 Å². The molecule has 0 aliphatic carbocycles. The molecule has 2 rings (SSSR count). The fourth-order valence-corrected chi connectivity index (χ4v) is 2.42. The van der Waals surface area contributed by atoms with Gasteiger partial charge in [0.15, 0.2) is 0 Å². The predicted octanol–water partition coefficient (Wildman–Crippen LogP) is 2.78. The molecule has 0 aromatic heterocycles. The summed E-state index contributed by atoms with van der Waals surface area (Å²) >= 11 is 0. The van der Waals surface area contributed by atoms with E-state index in [9.17, 15) is 5.11 Å². The molecule has 18 heavy (non-hydrogen) atoms. The average molecular weight is 249 g/mol. The second-order valence-corrected chi connectivity index (χ2v) is 5.25. The Morgan fingerprint density at radius 1 is 1.39 bits per heavy atom. The van der Waals surface area contributed by atoms with Crippen molar-refractivity contribution < 1.29 is 9.84 Å². The minimum Gasteiger partial charge on any atom is -0.508 e. The van der Waals surface area contributed by atoms with Gasteiger partial charge in [-0.05, 0) is 45.2 Å². The van der Waals surface area contributed by atoms with E-state index in [2.05, 4.69) is 18.3 Å². The van der Waals surface area contributed by atoms with Crippen LogP contribution in [0.1, 0.15) is 36.9 Å². The molecule has 3 nitrogen and oxygen atoms in total. The van der Waals surface area contributed by atoms with E-state index in [4.69, 9.17) is 4.74 Å². The molecule has 1 atom stereocenters. The molecule has 0 bridgehead atoms. The second-order valence-electron chi connectivity index (χ2n) is 5.25. The van der Waals surface area contributed by atoms with E-state index in [0.29, 0.717) is 11.7 Å². The third kappa shape index (κ3) is 3.47. The first-order valence-corrected chi connectivity index (χ1v) is 6.77. The highest BCUT2D eigenvalue weighted by atomic mass is 16.5. The molecule has 0 radical (unpaired) electrons. The Morgan fingerprint density at radius 3 is 2.83 bits per heavy atom. The molecule has 1 aromatic carbocycles. The number of hydrogen-bond donors (Lipinski definition) is 2.